The minimum Gasteiger partial charge on any atom is -0.497 e. The third-order valence-electron chi connectivity index (χ3n) is 3.96. The fraction of sp³-hybridized carbons (Fsp3) is 0.375. The van der Waals surface area contributed by atoms with Gasteiger partial charge in [-0.25, -0.2) is 0 Å². The van der Waals surface area contributed by atoms with Crippen LogP contribution in [0.1, 0.15) is 35.9 Å². The van der Waals surface area contributed by atoms with E-state index < -0.39 is 0 Å². The van der Waals surface area contributed by atoms with Crippen molar-refractivity contribution in [1.29, 1.82) is 0 Å². The van der Waals surface area contributed by atoms with Crippen molar-refractivity contribution in [1.82, 2.24) is 4.57 Å². The van der Waals surface area contributed by atoms with Crippen LogP contribution in [0.15, 0.2) is 24.3 Å². The van der Waals surface area contributed by atoms with Crippen LogP contribution in [-0.4, -0.2) is 16.8 Å². The van der Waals surface area contributed by atoms with E-state index in [1.54, 1.807) is 7.11 Å². The van der Waals surface area contributed by atoms with E-state index in [4.69, 9.17) is 16.3 Å². The summed E-state index contributed by atoms with van der Waals surface area (Å²) in [5.41, 5.74) is 4.20. The molecule has 1 heterocycles. The van der Waals surface area contributed by atoms with Gasteiger partial charge in [-0.05, 0) is 44.4 Å². The van der Waals surface area contributed by atoms with E-state index in [1.165, 1.54) is 0 Å². The van der Waals surface area contributed by atoms with E-state index in [-0.39, 0.29) is 6.10 Å². The molecule has 0 amide bonds. The molecule has 20 heavy (non-hydrogen) atoms. The minimum atomic E-state index is -0.358. The lowest BCUT2D eigenvalue weighted by molar-refractivity contribution is 0.156. The maximum atomic E-state index is 10.1. The zero-order valence-corrected chi connectivity index (χ0v) is 12.4. The van der Waals surface area contributed by atoms with Gasteiger partial charge < -0.3 is 14.4 Å². The highest BCUT2D eigenvalue weighted by molar-refractivity contribution is 6.32. The summed E-state index contributed by atoms with van der Waals surface area (Å²) in [5, 5.41) is 10.8. The normalized spacial score (nSPS) is 17.9. The zero-order chi connectivity index (χ0) is 14.3. The van der Waals surface area contributed by atoms with Crippen LogP contribution in [0.3, 0.4) is 0 Å². The fourth-order valence-corrected chi connectivity index (χ4v) is 3.21. The summed E-state index contributed by atoms with van der Waals surface area (Å²) in [6, 6.07) is 7.71. The fourth-order valence-electron chi connectivity index (χ4n) is 3.00. The molecule has 1 atom stereocenters. The number of aryl methyl sites for hydroxylation is 1. The molecule has 4 heteroatoms. The van der Waals surface area contributed by atoms with Gasteiger partial charge in [-0.3, -0.25) is 0 Å². The number of halogens is 1. The third kappa shape index (κ3) is 2.11. The highest BCUT2D eigenvalue weighted by atomic mass is 35.5. The maximum Gasteiger partial charge on any atom is 0.121 e. The molecule has 0 spiro atoms. The minimum absolute atomic E-state index is 0.358. The number of fused-ring (bicyclic) bond motifs is 1. The summed E-state index contributed by atoms with van der Waals surface area (Å²) in [4.78, 5) is 0. The molecule has 1 unspecified atom stereocenters. The Morgan fingerprint density at radius 1 is 1.35 bits per heavy atom. The average molecular weight is 292 g/mol. The molecule has 2 aromatic rings. The highest BCUT2D eigenvalue weighted by Gasteiger charge is 2.24. The molecule has 1 aliphatic rings. The molecule has 3 rings (SSSR count). The Balaban J connectivity index is 2.20. The molecule has 0 aliphatic heterocycles. The average Bonchev–Trinajstić information content (AvgIpc) is 2.77. The topological polar surface area (TPSA) is 34.4 Å². The number of benzene rings is 1. The van der Waals surface area contributed by atoms with E-state index >= 15 is 0 Å². The molecule has 0 saturated heterocycles. The van der Waals surface area contributed by atoms with E-state index in [0.29, 0.717) is 5.02 Å². The molecule has 0 bridgehead atoms. The Morgan fingerprint density at radius 2 is 2.15 bits per heavy atom. The van der Waals surface area contributed by atoms with Gasteiger partial charge in [0.25, 0.3) is 0 Å². The van der Waals surface area contributed by atoms with Crippen LogP contribution >= 0.6 is 11.6 Å². The monoisotopic (exact) mass is 291 g/mol. The van der Waals surface area contributed by atoms with Crippen LogP contribution < -0.4 is 4.74 Å². The van der Waals surface area contributed by atoms with Gasteiger partial charge in [-0.1, -0.05) is 11.6 Å². The summed E-state index contributed by atoms with van der Waals surface area (Å²) in [6.07, 6.45) is 2.44. The lowest BCUT2D eigenvalue weighted by Crippen LogP contribution is -2.11. The molecule has 1 aromatic carbocycles. The van der Waals surface area contributed by atoms with Crippen molar-refractivity contribution >= 4 is 11.6 Å². The van der Waals surface area contributed by atoms with E-state index in [2.05, 4.69) is 10.6 Å². The van der Waals surface area contributed by atoms with Gasteiger partial charge in [-0.2, -0.15) is 0 Å². The molecule has 1 aromatic heterocycles. The lowest BCUT2D eigenvalue weighted by Gasteiger charge is -2.21. The molecule has 0 saturated carbocycles. The summed E-state index contributed by atoms with van der Waals surface area (Å²) in [5.74, 6) is 0.780. The number of hydrogen-bond acceptors (Lipinski definition) is 2. The molecule has 0 radical (unpaired) electrons. The first-order valence-electron chi connectivity index (χ1n) is 6.85. The van der Waals surface area contributed by atoms with Crippen LogP contribution in [0.4, 0.5) is 0 Å². The summed E-state index contributed by atoms with van der Waals surface area (Å²) >= 11 is 6.36. The zero-order valence-electron chi connectivity index (χ0n) is 11.7. The summed E-state index contributed by atoms with van der Waals surface area (Å²) in [6.45, 7) is 2.04. The molecule has 106 valence electrons. The van der Waals surface area contributed by atoms with Crippen molar-refractivity contribution in [2.45, 2.75) is 32.3 Å². The SMILES string of the molecule is COc1ccc(Cl)c(-n2c(C)cc3c2CCCC3O)c1. The standard InChI is InChI=1S/C16H18ClNO2/c1-10-8-12-14(4-3-5-16(12)19)18(10)15-9-11(20-2)6-7-13(15)17/h6-9,16,19H,3-5H2,1-2H3. The van der Waals surface area contributed by atoms with Crippen molar-refractivity contribution in [3.63, 3.8) is 0 Å². The number of nitrogens with zero attached hydrogens (tertiary/aromatic N) is 1. The first-order valence-corrected chi connectivity index (χ1v) is 7.22. The maximum absolute atomic E-state index is 10.1. The second kappa shape index (κ2) is 5.15. The summed E-state index contributed by atoms with van der Waals surface area (Å²) < 4.78 is 7.43. The highest BCUT2D eigenvalue weighted by Crippen LogP contribution is 2.36. The largest absolute Gasteiger partial charge is 0.497 e. The molecule has 0 fully saturated rings. The van der Waals surface area contributed by atoms with Crippen LogP contribution in [0.25, 0.3) is 5.69 Å². The first-order chi connectivity index (χ1) is 9.61. The van der Waals surface area contributed by atoms with Crippen molar-refractivity contribution in [3.05, 3.63) is 46.2 Å². The van der Waals surface area contributed by atoms with Gasteiger partial charge in [0.1, 0.15) is 5.75 Å². The number of aliphatic hydroxyl groups is 1. The molecular weight excluding hydrogens is 274 g/mol. The van der Waals surface area contributed by atoms with Crippen molar-refractivity contribution in [3.8, 4) is 11.4 Å². The van der Waals surface area contributed by atoms with E-state index in [9.17, 15) is 5.11 Å². The van der Waals surface area contributed by atoms with Gasteiger partial charge >= 0.3 is 0 Å². The van der Waals surface area contributed by atoms with Crippen LogP contribution in [0.2, 0.25) is 5.02 Å². The van der Waals surface area contributed by atoms with E-state index in [1.807, 2.05) is 25.1 Å². The Morgan fingerprint density at radius 3 is 2.90 bits per heavy atom. The Hall–Kier alpha value is -1.45. The first kappa shape index (κ1) is 13.5. The van der Waals surface area contributed by atoms with Crippen LogP contribution in [0, 0.1) is 6.92 Å². The van der Waals surface area contributed by atoms with Crippen molar-refractivity contribution in [2.75, 3.05) is 7.11 Å². The predicted octanol–water partition coefficient (Wildman–Crippen LogP) is 3.82. The van der Waals surface area contributed by atoms with Gasteiger partial charge in [0.2, 0.25) is 0 Å². The van der Waals surface area contributed by atoms with Crippen molar-refractivity contribution in [2.24, 2.45) is 0 Å². The number of aliphatic hydroxyl groups excluding tert-OH is 1. The number of methoxy groups -OCH3 is 1. The Labute approximate surface area is 123 Å². The smallest absolute Gasteiger partial charge is 0.121 e. The quantitative estimate of drug-likeness (QED) is 0.913. The van der Waals surface area contributed by atoms with Crippen LogP contribution in [0.5, 0.6) is 5.75 Å². The van der Waals surface area contributed by atoms with Gasteiger partial charge in [0.05, 0.1) is 23.9 Å². The number of aromatic nitrogens is 1. The Kier molecular flexibility index (Phi) is 3.48. The second-order valence-electron chi connectivity index (χ2n) is 5.25. The van der Waals surface area contributed by atoms with Crippen LogP contribution in [-0.2, 0) is 6.42 Å². The molecule has 1 N–H and O–H groups in total. The molecule has 3 nitrogen and oxygen atoms in total. The van der Waals surface area contributed by atoms with Gasteiger partial charge in [0, 0.05) is 23.0 Å². The number of hydrogen-bond donors (Lipinski definition) is 1. The van der Waals surface area contributed by atoms with E-state index in [0.717, 1.165) is 47.7 Å². The lowest BCUT2D eigenvalue weighted by atomic mass is 9.95. The Bertz CT molecular complexity index is 648. The predicted molar refractivity (Wildman–Crippen MR) is 80.0 cm³/mol. The third-order valence-corrected chi connectivity index (χ3v) is 4.28. The molecule has 1 aliphatic carbocycles. The second-order valence-corrected chi connectivity index (χ2v) is 5.66. The van der Waals surface area contributed by atoms with Crippen molar-refractivity contribution < 1.29 is 9.84 Å². The number of ether oxygens (including phenoxy) is 1. The van der Waals surface area contributed by atoms with Gasteiger partial charge in [0.15, 0.2) is 0 Å². The number of rotatable bonds is 2. The molecular formula is C16H18ClNO2. The summed E-state index contributed by atoms with van der Waals surface area (Å²) in [7, 11) is 1.65. The van der Waals surface area contributed by atoms with Gasteiger partial charge in [-0.15, -0.1) is 0 Å².